The van der Waals surface area contributed by atoms with Crippen molar-refractivity contribution in [3.8, 4) is 0 Å². The second-order valence-corrected chi connectivity index (χ2v) is 7.09. The predicted octanol–water partition coefficient (Wildman–Crippen LogP) is 5.57. The van der Waals surface area contributed by atoms with E-state index in [1.807, 2.05) is 0 Å². The van der Waals surface area contributed by atoms with Crippen molar-refractivity contribution < 1.29 is 0 Å². The lowest BCUT2D eigenvalue weighted by Gasteiger charge is -2.25. The monoisotopic (exact) mass is 270 g/mol. The van der Waals surface area contributed by atoms with Crippen molar-refractivity contribution in [1.29, 1.82) is 0 Å². The van der Waals surface area contributed by atoms with Gasteiger partial charge < -0.3 is 0 Å². The summed E-state index contributed by atoms with van der Waals surface area (Å²) in [5.41, 5.74) is 4.76. The quantitative estimate of drug-likeness (QED) is 0.463. The number of rotatable bonds is 2. The van der Waals surface area contributed by atoms with E-state index >= 15 is 0 Å². The average molecular weight is 270 g/mol. The molecule has 2 fully saturated rings. The fraction of sp³-hybridized carbons (Fsp3) is 0.778. The third-order valence-electron chi connectivity index (χ3n) is 5.95. The van der Waals surface area contributed by atoms with Gasteiger partial charge in [-0.15, -0.1) is 0 Å². The molecule has 0 aliphatic heterocycles. The number of hydrogen-bond donors (Lipinski definition) is 0. The molecule has 2 nitrogen and oxygen atoms in total. The van der Waals surface area contributed by atoms with Gasteiger partial charge in [0, 0.05) is 5.92 Å². The Kier molecular flexibility index (Phi) is 3.49. The Morgan fingerprint density at radius 3 is 2.70 bits per heavy atom. The summed E-state index contributed by atoms with van der Waals surface area (Å²) in [6, 6.07) is 0.493. The normalized spacial score (nSPS) is 37.2. The van der Waals surface area contributed by atoms with Crippen molar-refractivity contribution in [2.45, 2.75) is 76.7 Å². The van der Waals surface area contributed by atoms with Crippen LogP contribution in [-0.4, -0.2) is 6.04 Å². The van der Waals surface area contributed by atoms with Crippen LogP contribution in [0.3, 0.4) is 0 Å². The van der Waals surface area contributed by atoms with Crippen LogP contribution in [0.25, 0.3) is 0 Å². The van der Waals surface area contributed by atoms with E-state index in [9.17, 15) is 0 Å². The maximum absolute atomic E-state index is 4.84. The van der Waals surface area contributed by atoms with Crippen LogP contribution in [0.4, 0.5) is 0 Å². The molecule has 0 radical (unpaired) electrons. The fourth-order valence-electron chi connectivity index (χ4n) is 4.92. The van der Waals surface area contributed by atoms with Gasteiger partial charge in [-0.05, 0) is 82.1 Å². The lowest BCUT2D eigenvalue weighted by molar-refractivity contribution is 0.427. The van der Waals surface area contributed by atoms with Gasteiger partial charge in [0.2, 0.25) is 0 Å². The Morgan fingerprint density at radius 1 is 0.900 bits per heavy atom. The molecule has 3 atom stereocenters. The standard InChI is InChI=1S/C18H26N2/c1-5-13-7-3-11-17(15(13)9-1)19-20-18-12-4-8-14-6-2-10-16(14)18/h7,14-15,17H,1-6,8-12H2. The molecule has 0 aromatic rings. The lowest BCUT2D eigenvalue weighted by Crippen LogP contribution is -2.20. The molecular weight excluding hydrogens is 244 g/mol. The first kappa shape index (κ1) is 12.8. The fourth-order valence-corrected chi connectivity index (χ4v) is 4.92. The van der Waals surface area contributed by atoms with Crippen molar-refractivity contribution in [3.63, 3.8) is 0 Å². The summed E-state index contributed by atoms with van der Waals surface area (Å²) in [5.74, 6) is 1.60. The zero-order chi connectivity index (χ0) is 13.4. The second-order valence-electron chi connectivity index (χ2n) is 7.09. The first-order valence-electron chi connectivity index (χ1n) is 8.73. The topological polar surface area (TPSA) is 24.7 Å². The van der Waals surface area contributed by atoms with Gasteiger partial charge in [-0.25, -0.2) is 0 Å². The highest BCUT2D eigenvalue weighted by atomic mass is 15.1. The van der Waals surface area contributed by atoms with Gasteiger partial charge in [0.1, 0.15) is 0 Å². The number of fused-ring (bicyclic) bond motifs is 2. The number of allylic oxidation sites excluding steroid dienone is 3. The Hall–Kier alpha value is -0.920. The molecule has 4 aliphatic carbocycles. The Morgan fingerprint density at radius 2 is 1.75 bits per heavy atom. The molecule has 2 heteroatoms. The molecule has 0 spiro atoms. The van der Waals surface area contributed by atoms with Gasteiger partial charge in [0.05, 0.1) is 11.7 Å². The summed E-state index contributed by atoms with van der Waals surface area (Å²) in [5, 5.41) is 9.62. The highest BCUT2D eigenvalue weighted by Crippen LogP contribution is 2.43. The van der Waals surface area contributed by atoms with Crippen molar-refractivity contribution in [3.05, 3.63) is 22.9 Å². The van der Waals surface area contributed by atoms with E-state index in [0.29, 0.717) is 6.04 Å². The van der Waals surface area contributed by atoms with Crippen molar-refractivity contribution in [2.24, 2.45) is 22.1 Å². The molecule has 3 unspecified atom stereocenters. The van der Waals surface area contributed by atoms with E-state index < -0.39 is 0 Å². The van der Waals surface area contributed by atoms with Crippen LogP contribution in [0, 0.1) is 11.8 Å². The minimum atomic E-state index is 0.493. The van der Waals surface area contributed by atoms with Crippen LogP contribution in [0.1, 0.15) is 70.6 Å². The van der Waals surface area contributed by atoms with Crippen molar-refractivity contribution in [1.82, 2.24) is 0 Å². The summed E-state index contributed by atoms with van der Waals surface area (Å²) in [6.07, 6.45) is 17.0. The molecule has 4 rings (SSSR count). The van der Waals surface area contributed by atoms with Crippen LogP contribution in [-0.2, 0) is 0 Å². The smallest absolute Gasteiger partial charge is 0.0780 e. The second kappa shape index (κ2) is 5.46. The maximum atomic E-state index is 4.84. The zero-order valence-electron chi connectivity index (χ0n) is 12.5. The Bertz CT molecular complexity index is 472. The predicted molar refractivity (Wildman–Crippen MR) is 81.5 cm³/mol. The highest BCUT2D eigenvalue weighted by Gasteiger charge is 2.32. The molecule has 0 amide bonds. The van der Waals surface area contributed by atoms with Crippen LogP contribution < -0.4 is 0 Å². The summed E-state index contributed by atoms with van der Waals surface area (Å²) in [6.45, 7) is 0. The molecule has 0 aromatic carbocycles. The first-order valence-corrected chi connectivity index (χ1v) is 8.73. The van der Waals surface area contributed by atoms with Crippen LogP contribution in [0.5, 0.6) is 0 Å². The van der Waals surface area contributed by atoms with Crippen molar-refractivity contribution >= 4 is 0 Å². The van der Waals surface area contributed by atoms with Crippen LogP contribution in [0.2, 0.25) is 0 Å². The van der Waals surface area contributed by atoms with Crippen LogP contribution in [0.15, 0.2) is 33.1 Å². The third-order valence-corrected chi connectivity index (χ3v) is 5.95. The van der Waals surface area contributed by atoms with Gasteiger partial charge in [-0.3, -0.25) is 0 Å². The summed E-state index contributed by atoms with van der Waals surface area (Å²) >= 11 is 0. The van der Waals surface area contributed by atoms with Gasteiger partial charge in [0.25, 0.3) is 0 Å². The van der Waals surface area contributed by atoms with E-state index in [1.54, 1.807) is 11.1 Å². The number of nitrogens with zero attached hydrogens (tertiary/aromatic N) is 2. The SMILES string of the molecule is C1=C2CCCC2C(N=NC2=C3CCCC3CCC2)CC1. The first-order chi connectivity index (χ1) is 9.92. The highest BCUT2D eigenvalue weighted by molar-refractivity contribution is 5.22. The largest absolute Gasteiger partial charge is 0.185 e. The molecule has 0 heterocycles. The maximum Gasteiger partial charge on any atom is 0.0780 e. The van der Waals surface area contributed by atoms with E-state index in [2.05, 4.69) is 6.08 Å². The molecular formula is C18H26N2. The Balaban J connectivity index is 1.52. The van der Waals surface area contributed by atoms with Crippen molar-refractivity contribution in [2.75, 3.05) is 0 Å². The van der Waals surface area contributed by atoms with E-state index in [-0.39, 0.29) is 0 Å². The van der Waals surface area contributed by atoms with E-state index in [1.165, 1.54) is 76.3 Å². The van der Waals surface area contributed by atoms with Gasteiger partial charge in [-0.1, -0.05) is 11.6 Å². The molecule has 20 heavy (non-hydrogen) atoms. The van der Waals surface area contributed by atoms with Gasteiger partial charge in [0.15, 0.2) is 0 Å². The summed E-state index contributed by atoms with van der Waals surface area (Å²) in [4.78, 5) is 0. The number of azo groups is 1. The Labute approximate surface area is 122 Å². The summed E-state index contributed by atoms with van der Waals surface area (Å²) < 4.78 is 0. The van der Waals surface area contributed by atoms with Crippen LogP contribution >= 0.6 is 0 Å². The van der Waals surface area contributed by atoms with Gasteiger partial charge in [-0.2, -0.15) is 10.2 Å². The zero-order valence-corrected chi connectivity index (χ0v) is 12.5. The molecule has 0 saturated heterocycles. The minimum absolute atomic E-state index is 0.493. The van der Waals surface area contributed by atoms with E-state index in [0.717, 1.165) is 11.8 Å². The lowest BCUT2D eigenvalue weighted by atomic mass is 9.86. The van der Waals surface area contributed by atoms with Gasteiger partial charge >= 0.3 is 0 Å². The minimum Gasteiger partial charge on any atom is -0.185 e. The summed E-state index contributed by atoms with van der Waals surface area (Å²) in [7, 11) is 0. The average Bonchev–Trinajstić information content (AvgIpc) is 3.13. The molecule has 4 aliphatic rings. The molecule has 0 N–H and O–H groups in total. The third kappa shape index (κ3) is 2.27. The molecule has 0 aromatic heterocycles. The molecule has 0 bridgehead atoms. The molecule has 108 valence electrons. The molecule has 2 saturated carbocycles. The van der Waals surface area contributed by atoms with E-state index in [4.69, 9.17) is 10.2 Å². The number of hydrogen-bond acceptors (Lipinski definition) is 2.